The summed E-state index contributed by atoms with van der Waals surface area (Å²) in [6, 6.07) is 14.1. The van der Waals surface area contributed by atoms with Gasteiger partial charge in [-0.2, -0.15) is 5.26 Å². The first-order valence-corrected chi connectivity index (χ1v) is 7.06. The van der Waals surface area contributed by atoms with Crippen LogP contribution in [0.4, 0.5) is 17.1 Å². The smallest absolute Gasteiger partial charge is 0.292 e. The molecular formula is C16H11ClN4O3. The van der Waals surface area contributed by atoms with Gasteiger partial charge in [0.2, 0.25) is 0 Å². The van der Waals surface area contributed by atoms with Gasteiger partial charge in [-0.15, -0.1) is 0 Å². The number of hydrogen-bond acceptors (Lipinski definition) is 5. The van der Waals surface area contributed by atoms with Crippen LogP contribution in [-0.2, 0) is 4.79 Å². The summed E-state index contributed by atoms with van der Waals surface area (Å²) >= 11 is 5.82. The zero-order valence-electron chi connectivity index (χ0n) is 12.2. The van der Waals surface area contributed by atoms with E-state index < -0.39 is 10.8 Å². The number of halogens is 1. The van der Waals surface area contributed by atoms with Gasteiger partial charge in [0.25, 0.3) is 11.6 Å². The van der Waals surface area contributed by atoms with Crippen LogP contribution < -0.4 is 10.6 Å². The molecule has 0 aliphatic heterocycles. The normalized spacial score (nSPS) is 10.6. The second-order valence-corrected chi connectivity index (χ2v) is 4.99. The first-order valence-electron chi connectivity index (χ1n) is 6.68. The molecule has 0 saturated heterocycles. The number of carbonyl (C=O) groups excluding carboxylic acids is 1. The molecule has 7 nitrogen and oxygen atoms in total. The number of nitrogens with zero attached hydrogens (tertiary/aromatic N) is 2. The zero-order valence-corrected chi connectivity index (χ0v) is 12.9. The molecule has 0 atom stereocenters. The van der Waals surface area contributed by atoms with Crippen molar-refractivity contribution in [2.75, 3.05) is 10.6 Å². The van der Waals surface area contributed by atoms with Crippen molar-refractivity contribution in [3.8, 4) is 6.07 Å². The molecule has 1 amide bonds. The third kappa shape index (κ3) is 4.32. The van der Waals surface area contributed by atoms with E-state index in [9.17, 15) is 14.9 Å². The molecule has 0 bridgehead atoms. The number of hydrogen-bond donors (Lipinski definition) is 2. The largest absolute Gasteiger partial charge is 0.355 e. The first kappa shape index (κ1) is 17.0. The number of nitro benzene ring substituents is 1. The van der Waals surface area contributed by atoms with Crippen LogP contribution in [-0.4, -0.2) is 10.8 Å². The van der Waals surface area contributed by atoms with E-state index in [1.54, 1.807) is 30.3 Å². The molecule has 0 aliphatic rings. The number of nitro groups is 1. The molecule has 0 aliphatic carbocycles. The topological polar surface area (TPSA) is 108 Å². The van der Waals surface area contributed by atoms with Gasteiger partial charge in [-0.25, -0.2) is 0 Å². The number of anilines is 2. The Hall–Kier alpha value is -3.37. The van der Waals surface area contributed by atoms with Gasteiger partial charge >= 0.3 is 0 Å². The Balaban J connectivity index is 2.16. The van der Waals surface area contributed by atoms with E-state index in [1.165, 1.54) is 24.3 Å². The lowest BCUT2D eigenvalue weighted by atomic mass is 10.2. The molecule has 0 spiro atoms. The first-order chi connectivity index (χ1) is 11.5. The van der Waals surface area contributed by atoms with Gasteiger partial charge in [-0.05, 0) is 24.3 Å². The number of rotatable bonds is 5. The van der Waals surface area contributed by atoms with Gasteiger partial charge < -0.3 is 10.6 Å². The summed E-state index contributed by atoms with van der Waals surface area (Å²) in [7, 11) is 0. The van der Waals surface area contributed by atoms with Crippen molar-refractivity contribution in [2.45, 2.75) is 0 Å². The molecule has 2 rings (SSSR count). The zero-order chi connectivity index (χ0) is 17.5. The quantitative estimate of drug-likeness (QED) is 0.372. The van der Waals surface area contributed by atoms with Crippen molar-refractivity contribution in [3.05, 3.63) is 75.4 Å². The molecule has 0 fully saturated rings. The van der Waals surface area contributed by atoms with Crippen LogP contribution in [0.2, 0.25) is 5.02 Å². The Labute approximate surface area is 142 Å². The molecule has 0 unspecified atom stereocenters. The van der Waals surface area contributed by atoms with E-state index in [0.717, 1.165) is 6.20 Å². The van der Waals surface area contributed by atoms with Crippen LogP contribution >= 0.6 is 11.6 Å². The number of carbonyl (C=O) groups is 1. The van der Waals surface area contributed by atoms with Crippen LogP contribution in [0.1, 0.15) is 0 Å². The highest BCUT2D eigenvalue weighted by molar-refractivity contribution is 6.31. The van der Waals surface area contributed by atoms with Crippen LogP contribution in [0, 0.1) is 21.4 Å². The van der Waals surface area contributed by atoms with Crippen molar-refractivity contribution < 1.29 is 9.72 Å². The molecular weight excluding hydrogens is 332 g/mol. The van der Waals surface area contributed by atoms with E-state index in [0.29, 0.717) is 10.7 Å². The fourth-order valence-electron chi connectivity index (χ4n) is 1.82. The average Bonchev–Trinajstić information content (AvgIpc) is 2.55. The van der Waals surface area contributed by atoms with Gasteiger partial charge in [-0.3, -0.25) is 14.9 Å². The van der Waals surface area contributed by atoms with Gasteiger partial charge in [0.05, 0.1) is 4.92 Å². The second-order valence-electron chi connectivity index (χ2n) is 4.55. The Morgan fingerprint density at radius 2 is 2.00 bits per heavy atom. The summed E-state index contributed by atoms with van der Waals surface area (Å²) in [5.74, 6) is -0.661. The maximum atomic E-state index is 12.1. The molecule has 2 aromatic carbocycles. The summed E-state index contributed by atoms with van der Waals surface area (Å²) in [6.45, 7) is 0. The van der Waals surface area contributed by atoms with Crippen LogP contribution in [0.25, 0.3) is 0 Å². The highest BCUT2D eigenvalue weighted by atomic mass is 35.5. The lowest BCUT2D eigenvalue weighted by Gasteiger charge is -2.06. The lowest BCUT2D eigenvalue weighted by molar-refractivity contribution is -0.383. The highest BCUT2D eigenvalue weighted by Gasteiger charge is 2.13. The maximum Gasteiger partial charge on any atom is 0.292 e. The van der Waals surface area contributed by atoms with Gasteiger partial charge in [0.1, 0.15) is 17.3 Å². The monoisotopic (exact) mass is 342 g/mol. The average molecular weight is 343 g/mol. The van der Waals surface area contributed by atoms with E-state index in [4.69, 9.17) is 16.9 Å². The van der Waals surface area contributed by atoms with Crippen molar-refractivity contribution >= 4 is 34.6 Å². The summed E-state index contributed by atoms with van der Waals surface area (Å²) in [5.41, 5.74) is 0.194. The van der Waals surface area contributed by atoms with Crippen molar-refractivity contribution in [2.24, 2.45) is 0 Å². The molecule has 0 radical (unpaired) electrons. The van der Waals surface area contributed by atoms with Gasteiger partial charge in [-0.1, -0.05) is 29.8 Å². The molecule has 2 aromatic rings. The van der Waals surface area contributed by atoms with Crippen molar-refractivity contribution in [1.29, 1.82) is 5.26 Å². The SMILES string of the molecule is N#C/C(=C/Nc1ccccc1[N+](=O)[O-])C(=O)Nc1cccc(Cl)c1. The minimum absolute atomic E-state index is 0.165. The van der Waals surface area contributed by atoms with Gasteiger partial charge in [0, 0.05) is 23.0 Å². The van der Waals surface area contributed by atoms with E-state index in [1.807, 2.05) is 0 Å². The standard InChI is InChI=1S/C16H11ClN4O3/c17-12-4-3-5-13(8-12)20-16(22)11(9-18)10-19-14-6-1-2-7-15(14)21(23)24/h1-8,10,19H,(H,20,22)/b11-10-. The second kappa shape index (κ2) is 7.76. The minimum atomic E-state index is -0.661. The molecule has 0 heterocycles. The number of benzene rings is 2. The number of nitriles is 1. The molecule has 0 aromatic heterocycles. The molecule has 2 N–H and O–H groups in total. The summed E-state index contributed by atoms with van der Waals surface area (Å²) in [4.78, 5) is 22.4. The highest BCUT2D eigenvalue weighted by Crippen LogP contribution is 2.23. The summed E-state index contributed by atoms with van der Waals surface area (Å²) < 4.78 is 0. The van der Waals surface area contributed by atoms with Crippen LogP contribution in [0.5, 0.6) is 0 Å². The third-order valence-electron chi connectivity index (χ3n) is 2.92. The van der Waals surface area contributed by atoms with E-state index >= 15 is 0 Å². The van der Waals surface area contributed by atoms with Crippen LogP contribution in [0.15, 0.2) is 60.3 Å². The van der Waals surface area contributed by atoms with Gasteiger partial charge in [0.15, 0.2) is 0 Å². The summed E-state index contributed by atoms with van der Waals surface area (Å²) in [6.07, 6.45) is 1.11. The lowest BCUT2D eigenvalue weighted by Crippen LogP contribution is -2.14. The molecule has 120 valence electrons. The maximum absolute atomic E-state index is 12.1. The number of nitrogens with one attached hydrogen (secondary N) is 2. The number of para-hydroxylation sites is 2. The molecule has 24 heavy (non-hydrogen) atoms. The predicted molar refractivity (Wildman–Crippen MR) is 90.5 cm³/mol. The fraction of sp³-hybridized carbons (Fsp3) is 0. The van der Waals surface area contributed by atoms with Crippen molar-refractivity contribution in [1.82, 2.24) is 0 Å². The Bertz CT molecular complexity index is 858. The number of amides is 1. The van der Waals surface area contributed by atoms with Crippen LogP contribution in [0.3, 0.4) is 0 Å². The van der Waals surface area contributed by atoms with E-state index in [2.05, 4.69) is 10.6 Å². The fourth-order valence-corrected chi connectivity index (χ4v) is 2.01. The predicted octanol–water partition coefficient (Wildman–Crippen LogP) is 3.71. The minimum Gasteiger partial charge on any atom is -0.355 e. The molecule has 0 saturated carbocycles. The Morgan fingerprint density at radius 1 is 1.25 bits per heavy atom. The van der Waals surface area contributed by atoms with Crippen molar-refractivity contribution in [3.63, 3.8) is 0 Å². The summed E-state index contributed by atoms with van der Waals surface area (Å²) in [5, 5.41) is 25.6. The van der Waals surface area contributed by atoms with E-state index in [-0.39, 0.29) is 16.9 Å². The third-order valence-corrected chi connectivity index (χ3v) is 3.16. The Morgan fingerprint density at radius 3 is 2.67 bits per heavy atom. The Kier molecular flexibility index (Phi) is 5.49. The molecule has 8 heteroatoms.